The molecule has 1 aliphatic carbocycles. The first-order valence-corrected chi connectivity index (χ1v) is 10.6. The Bertz CT molecular complexity index is 1050. The molecule has 28 heavy (non-hydrogen) atoms. The molecule has 0 unspecified atom stereocenters. The molecule has 1 aromatic carbocycles. The van der Waals surface area contributed by atoms with E-state index in [4.69, 9.17) is 0 Å². The number of carbonyl (C=O) groups excluding carboxylic acids is 1. The van der Waals surface area contributed by atoms with Crippen molar-refractivity contribution in [3.8, 4) is 0 Å². The number of thiophene rings is 1. The molecule has 1 N–H and O–H groups in total. The first kappa shape index (κ1) is 17.4. The lowest BCUT2D eigenvalue weighted by atomic mass is 9.78. The number of anilines is 1. The predicted octanol–water partition coefficient (Wildman–Crippen LogP) is 4.88. The number of hydrogen-bond acceptors (Lipinski definition) is 5. The Morgan fingerprint density at radius 1 is 1.18 bits per heavy atom. The van der Waals surface area contributed by atoms with E-state index in [2.05, 4.69) is 59.6 Å². The van der Waals surface area contributed by atoms with Crippen LogP contribution in [0, 0.1) is 0 Å². The number of allylic oxidation sites excluding steroid dienone is 2. The van der Waals surface area contributed by atoms with Crippen molar-refractivity contribution >= 4 is 23.1 Å². The fraction of sp³-hybridized carbons (Fsp3) is 0.318. The molecule has 0 bridgehead atoms. The number of ketones is 1. The van der Waals surface area contributed by atoms with E-state index in [0.29, 0.717) is 18.3 Å². The highest BCUT2D eigenvalue weighted by atomic mass is 32.1. The summed E-state index contributed by atoms with van der Waals surface area (Å²) in [5.41, 5.74) is 4.39. The van der Waals surface area contributed by atoms with Gasteiger partial charge in [0, 0.05) is 22.6 Å². The van der Waals surface area contributed by atoms with Crippen LogP contribution in [0.2, 0.25) is 0 Å². The molecule has 2 aromatic heterocycles. The summed E-state index contributed by atoms with van der Waals surface area (Å²) in [5.74, 6) is 1.61. The number of nitrogens with zero attached hydrogens (tertiary/aromatic N) is 3. The average molecular weight is 391 g/mol. The van der Waals surface area contributed by atoms with Gasteiger partial charge in [-0.2, -0.15) is 10.1 Å². The lowest BCUT2D eigenvalue weighted by Gasteiger charge is -2.34. The third-order valence-corrected chi connectivity index (χ3v) is 6.67. The number of hydrogen-bond donors (Lipinski definition) is 1. The molecule has 3 aromatic rings. The smallest absolute Gasteiger partial charge is 0.226 e. The highest BCUT2D eigenvalue weighted by Crippen LogP contribution is 2.44. The van der Waals surface area contributed by atoms with Gasteiger partial charge in [0.15, 0.2) is 5.78 Å². The minimum atomic E-state index is -0.175. The fourth-order valence-electron chi connectivity index (χ4n) is 4.25. The van der Waals surface area contributed by atoms with Crippen molar-refractivity contribution in [1.29, 1.82) is 0 Å². The predicted molar refractivity (Wildman–Crippen MR) is 111 cm³/mol. The summed E-state index contributed by atoms with van der Waals surface area (Å²) in [4.78, 5) is 18.8. The third-order valence-electron chi connectivity index (χ3n) is 5.75. The maximum Gasteiger partial charge on any atom is 0.226 e. The van der Waals surface area contributed by atoms with Gasteiger partial charge in [-0.15, -0.1) is 11.3 Å². The quantitative estimate of drug-likeness (QED) is 0.692. The molecule has 142 valence electrons. The van der Waals surface area contributed by atoms with Crippen LogP contribution >= 0.6 is 11.3 Å². The van der Waals surface area contributed by atoms with Crippen LogP contribution in [0.25, 0.3) is 0 Å². The normalized spacial score (nSPS) is 21.5. The van der Waals surface area contributed by atoms with E-state index in [-0.39, 0.29) is 17.7 Å². The summed E-state index contributed by atoms with van der Waals surface area (Å²) in [6.07, 6.45) is 2.90. The van der Waals surface area contributed by atoms with Crippen molar-refractivity contribution in [3.05, 3.63) is 75.4 Å². The third kappa shape index (κ3) is 2.79. The van der Waals surface area contributed by atoms with Gasteiger partial charge in [-0.05, 0) is 40.8 Å². The molecule has 3 heterocycles. The first-order valence-electron chi connectivity index (χ1n) is 9.68. The van der Waals surface area contributed by atoms with Crippen LogP contribution in [0.3, 0.4) is 0 Å². The zero-order valence-corrected chi connectivity index (χ0v) is 16.7. The second-order valence-electron chi connectivity index (χ2n) is 7.81. The van der Waals surface area contributed by atoms with Crippen LogP contribution < -0.4 is 5.32 Å². The summed E-state index contributed by atoms with van der Waals surface area (Å²) >= 11 is 1.65. The van der Waals surface area contributed by atoms with E-state index < -0.39 is 0 Å². The molecule has 0 fully saturated rings. The van der Waals surface area contributed by atoms with Gasteiger partial charge in [0.05, 0.1) is 0 Å². The van der Waals surface area contributed by atoms with Gasteiger partial charge in [-0.25, -0.2) is 4.68 Å². The van der Waals surface area contributed by atoms with Crippen molar-refractivity contribution < 1.29 is 4.79 Å². The number of rotatable bonds is 3. The maximum absolute atomic E-state index is 13.3. The van der Waals surface area contributed by atoms with Crippen LogP contribution in [0.1, 0.15) is 60.6 Å². The Labute approximate surface area is 168 Å². The summed E-state index contributed by atoms with van der Waals surface area (Å²) in [5, 5.41) is 9.81. The molecule has 5 nitrogen and oxygen atoms in total. The summed E-state index contributed by atoms with van der Waals surface area (Å²) < 4.78 is 1.83. The van der Waals surface area contributed by atoms with Gasteiger partial charge in [0.2, 0.25) is 5.95 Å². The standard InChI is InChI=1S/C22H22N4OS/c1-13(2)14-5-7-15(8-6-14)16-10-17-20(18(27)11-16)21(19-4-3-9-28-19)26-22(25-17)23-12-24-26/h3-9,12-13,16,21H,10-11H2,1-2H3,(H,23,24,25)/t16-,21-/m1/s1. The molecule has 5 rings (SSSR count). The zero-order valence-electron chi connectivity index (χ0n) is 15.9. The molecule has 6 heteroatoms. The van der Waals surface area contributed by atoms with E-state index in [9.17, 15) is 4.79 Å². The van der Waals surface area contributed by atoms with Crippen molar-refractivity contribution in [2.45, 2.75) is 44.6 Å². The van der Waals surface area contributed by atoms with Gasteiger partial charge in [-0.3, -0.25) is 4.79 Å². The minimum Gasteiger partial charge on any atom is -0.328 e. The molecule has 0 radical (unpaired) electrons. The second kappa shape index (κ2) is 6.71. The molecular weight excluding hydrogens is 368 g/mol. The minimum absolute atomic E-state index is 0.175. The van der Waals surface area contributed by atoms with Crippen LogP contribution in [0.4, 0.5) is 5.95 Å². The highest BCUT2D eigenvalue weighted by Gasteiger charge is 2.39. The second-order valence-corrected chi connectivity index (χ2v) is 8.79. The fourth-order valence-corrected chi connectivity index (χ4v) is 5.07. The molecular formula is C22H22N4OS. The molecule has 2 aliphatic rings. The largest absolute Gasteiger partial charge is 0.328 e. The van der Waals surface area contributed by atoms with E-state index in [1.807, 2.05) is 16.1 Å². The number of Topliss-reactive ketones (excluding diaryl/α,β-unsaturated/α-hetero) is 1. The molecule has 0 amide bonds. The number of aromatic nitrogens is 3. The van der Waals surface area contributed by atoms with Crippen molar-refractivity contribution in [1.82, 2.24) is 14.8 Å². The highest BCUT2D eigenvalue weighted by molar-refractivity contribution is 7.10. The Kier molecular flexibility index (Phi) is 4.16. The van der Waals surface area contributed by atoms with E-state index in [1.54, 1.807) is 17.7 Å². The van der Waals surface area contributed by atoms with Crippen LogP contribution in [0.15, 0.2) is 59.4 Å². The monoisotopic (exact) mass is 390 g/mol. The SMILES string of the molecule is CC(C)c1ccc([C@H]2CC(=O)C3=C(C2)Nc2ncnn2[C@@H]3c2cccs2)cc1. The van der Waals surface area contributed by atoms with Gasteiger partial charge < -0.3 is 5.32 Å². The van der Waals surface area contributed by atoms with E-state index >= 15 is 0 Å². The molecule has 1 aliphatic heterocycles. The Hall–Kier alpha value is -2.73. The Balaban J connectivity index is 1.52. The topological polar surface area (TPSA) is 59.8 Å². The molecule has 2 atom stereocenters. The van der Waals surface area contributed by atoms with Crippen LogP contribution in [-0.2, 0) is 4.79 Å². The van der Waals surface area contributed by atoms with Crippen molar-refractivity contribution in [2.75, 3.05) is 5.32 Å². The number of carbonyl (C=O) groups is 1. The lowest BCUT2D eigenvalue weighted by Crippen LogP contribution is -2.33. The zero-order chi connectivity index (χ0) is 19.3. The van der Waals surface area contributed by atoms with Crippen LogP contribution in [0.5, 0.6) is 0 Å². The Morgan fingerprint density at radius 3 is 2.71 bits per heavy atom. The van der Waals surface area contributed by atoms with E-state index in [0.717, 1.165) is 22.6 Å². The lowest BCUT2D eigenvalue weighted by molar-refractivity contribution is -0.116. The first-order chi connectivity index (χ1) is 13.6. The van der Waals surface area contributed by atoms with Gasteiger partial charge in [0.1, 0.15) is 12.4 Å². The average Bonchev–Trinajstić information content (AvgIpc) is 3.38. The molecule has 0 saturated carbocycles. The number of nitrogens with one attached hydrogen (secondary N) is 1. The number of fused-ring (bicyclic) bond motifs is 1. The summed E-state index contributed by atoms with van der Waals surface area (Å²) in [7, 11) is 0. The number of benzene rings is 1. The summed E-state index contributed by atoms with van der Waals surface area (Å²) in [6, 6.07) is 12.7. The van der Waals surface area contributed by atoms with Crippen LogP contribution in [-0.4, -0.2) is 20.5 Å². The van der Waals surface area contributed by atoms with Crippen molar-refractivity contribution in [2.24, 2.45) is 0 Å². The maximum atomic E-state index is 13.3. The van der Waals surface area contributed by atoms with E-state index in [1.165, 1.54) is 11.1 Å². The molecule has 0 saturated heterocycles. The Morgan fingerprint density at radius 2 is 2.00 bits per heavy atom. The summed E-state index contributed by atoms with van der Waals surface area (Å²) in [6.45, 7) is 4.39. The van der Waals surface area contributed by atoms with Crippen molar-refractivity contribution in [3.63, 3.8) is 0 Å². The van der Waals surface area contributed by atoms with Gasteiger partial charge in [-0.1, -0.05) is 44.2 Å². The van der Waals surface area contributed by atoms with Gasteiger partial charge >= 0.3 is 0 Å². The van der Waals surface area contributed by atoms with Gasteiger partial charge in [0.25, 0.3) is 0 Å². The molecule has 0 spiro atoms.